The Balaban J connectivity index is 1.56. The largest absolute Gasteiger partial charge is 0.465 e. The molecule has 0 spiro atoms. The molecule has 0 aliphatic carbocycles. The molecule has 2 amide bonds. The van der Waals surface area contributed by atoms with E-state index >= 15 is 0 Å². The first-order chi connectivity index (χ1) is 12.6. The van der Waals surface area contributed by atoms with Gasteiger partial charge in [0, 0.05) is 26.2 Å². The van der Waals surface area contributed by atoms with Gasteiger partial charge in [-0.25, -0.2) is 4.79 Å². The van der Waals surface area contributed by atoms with Gasteiger partial charge in [0.05, 0.1) is 19.3 Å². The molecule has 1 aromatic carbocycles. The van der Waals surface area contributed by atoms with E-state index in [4.69, 9.17) is 9.15 Å². The molecule has 6 nitrogen and oxygen atoms in total. The van der Waals surface area contributed by atoms with E-state index in [-0.39, 0.29) is 12.1 Å². The van der Waals surface area contributed by atoms with Crippen molar-refractivity contribution >= 4 is 6.03 Å². The highest BCUT2D eigenvalue weighted by molar-refractivity contribution is 5.73. The molecule has 1 aromatic heterocycles. The van der Waals surface area contributed by atoms with Crippen molar-refractivity contribution in [2.45, 2.75) is 26.4 Å². The van der Waals surface area contributed by atoms with E-state index in [0.29, 0.717) is 26.3 Å². The predicted molar refractivity (Wildman–Crippen MR) is 100.0 cm³/mol. The van der Waals surface area contributed by atoms with Gasteiger partial charge in [-0.1, -0.05) is 24.3 Å². The number of nitrogens with one attached hydrogen (secondary N) is 2. The maximum Gasteiger partial charge on any atom is 0.315 e. The van der Waals surface area contributed by atoms with E-state index in [1.165, 1.54) is 5.56 Å². The van der Waals surface area contributed by atoms with Crippen LogP contribution in [-0.2, 0) is 11.3 Å². The molecule has 1 aliphatic rings. The summed E-state index contributed by atoms with van der Waals surface area (Å²) in [4.78, 5) is 14.6. The number of benzene rings is 1. The Kier molecular flexibility index (Phi) is 6.30. The number of morpholine rings is 1. The Labute approximate surface area is 154 Å². The van der Waals surface area contributed by atoms with Crippen molar-refractivity contribution in [1.82, 2.24) is 15.5 Å². The van der Waals surface area contributed by atoms with Crippen molar-refractivity contribution in [1.29, 1.82) is 0 Å². The molecule has 1 aliphatic heterocycles. The smallest absolute Gasteiger partial charge is 0.315 e. The summed E-state index contributed by atoms with van der Waals surface area (Å²) in [5.41, 5.74) is 2.29. The molecule has 2 heterocycles. The Morgan fingerprint density at radius 3 is 2.58 bits per heavy atom. The van der Waals surface area contributed by atoms with Gasteiger partial charge in [0.1, 0.15) is 11.5 Å². The molecule has 2 N–H and O–H groups in total. The molecule has 0 radical (unpaired) electrons. The van der Waals surface area contributed by atoms with Crippen LogP contribution in [0.5, 0.6) is 0 Å². The zero-order valence-electron chi connectivity index (χ0n) is 15.5. The number of amides is 2. The first kappa shape index (κ1) is 18.5. The van der Waals surface area contributed by atoms with Gasteiger partial charge < -0.3 is 19.8 Å². The summed E-state index contributed by atoms with van der Waals surface area (Å²) in [5.74, 6) is 1.76. The minimum atomic E-state index is -0.171. The highest BCUT2D eigenvalue weighted by Gasteiger charge is 2.25. The summed E-state index contributed by atoms with van der Waals surface area (Å²) < 4.78 is 11.3. The minimum absolute atomic E-state index is 0.0109. The molecule has 2 aromatic rings. The van der Waals surface area contributed by atoms with Crippen LogP contribution >= 0.6 is 0 Å². The minimum Gasteiger partial charge on any atom is -0.465 e. The molecule has 3 rings (SSSR count). The third-order valence-corrected chi connectivity index (χ3v) is 4.73. The van der Waals surface area contributed by atoms with Crippen LogP contribution < -0.4 is 10.6 Å². The monoisotopic (exact) mass is 357 g/mol. The topological polar surface area (TPSA) is 66.7 Å². The number of carbonyl (C=O) groups is 1. The maximum atomic E-state index is 12.3. The fourth-order valence-corrected chi connectivity index (χ4v) is 3.17. The van der Waals surface area contributed by atoms with E-state index in [9.17, 15) is 4.79 Å². The van der Waals surface area contributed by atoms with Gasteiger partial charge in [0.15, 0.2) is 0 Å². The van der Waals surface area contributed by atoms with Crippen LogP contribution in [0.4, 0.5) is 4.79 Å². The molecule has 1 saturated heterocycles. The molecule has 0 saturated carbocycles. The Morgan fingerprint density at radius 2 is 1.88 bits per heavy atom. The van der Waals surface area contributed by atoms with Crippen LogP contribution in [-0.4, -0.2) is 43.8 Å². The number of nitrogens with zero attached hydrogens (tertiary/aromatic N) is 1. The summed E-state index contributed by atoms with van der Waals surface area (Å²) in [6.45, 7) is 8.05. The summed E-state index contributed by atoms with van der Waals surface area (Å²) >= 11 is 0. The molecular formula is C20H27N3O3. The Bertz CT molecular complexity index is 723. The third-order valence-electron chi connectivity index (χ3n) is 4.73. The number of hydrogen-bond acceptors (Lipinski definition) is 4. The van der Waals surface area contributed by atoms with Crippen LogP contribution in [0.15, 0.2) is 40.8 Å². The summed E-state index contributed by atoms with van der Waals surface area (Å²) in [6.07, 6.45) is 0. The van der Waals surface area contributed by atoms with Gasteiger partial charge in [-0.3, -0.25) is 4.90 Å². The first-order valence-corrected chi connectivity index (χ1v) is 9.08. The molecule has 1 fully saturated rings. The number of rotatable bonds is 6. The second kappa shape index (κ2) is 8.87. The predicted octanol–water partition coefficient (Wildman–Crippen LogP) is 2.77. The van der Waals surface area contributed by atoms with E-state index in [1.54, 1.807) is 0 Å². The first-order valence-electron chi connectivity index (χ1n) is 9.08. The maximum absolute atomic E-state index is 12.3. The zero-order valence-corrected chi connectivity index (χ0v) is 15.5. The van der Waals surface area contributed by atoms with Crippen molar-refractivity contribution in [3.8, 4) is 0 Å². The second-order valence-corrected chi connectivity index (χ2v) is 6.60. The van der Waals surface area contributed by atoms with Gasteiger partial charge in [-0.05, 0) is 37.1 Å². The van der Waals surface area contributed by atoms with Gasteiger partial charge in [0.25, 0.3) is 0 Å². The van der Waals surface area contributed by atoms with Crippen LogP contribution in [0.1, 0.15) is 28.7 Å². The molecule has 1 unspecified atom stereocenters. The lowest BCUT2D eigenvalue weighted by atomic mass is 10.1. The van der Waals surface area contributed by atoms with Crippen molar-refractivity contribution in [3.05, 3.63) is 59.0 Å². The van der Waals surface area contributed by atoms with E-state index in [0.717, 1.165) is 30.2 Å². The molecule has 1 atom stereocenters. The number of ether oxygens (including phenoxy) is 1. The number of furan rings is 1. The molecular weight excluding hydrogens is 330 g/mol. The van der Waals surface area contributed by atoms with Crippen molar-refractivity contribution in [3.63, 3.8) is 0 Å². The van der Waals surface area contributed by atoms with Crippen molar-refractivity contribution in [2.24, 2.45) is 0 Å². The highest BCUT2D eigenvalue weighted by Crippen LogP contribution is 2.23. The number of carbonyl (C=O) groups excluding carboxylic acids is 1. The lowest BCUT2D eigenvalue weighted by Crippen LogP contribution is -2.45. The van der Waals surface area contributed by atoms with Crippen LogP contribution in [0.2, 0.25) is 0 Å². The average Bonchev–Trinajstić information content (AvgIpc) is 3.08. The van der Waals surface area contributed by atoms with Crippen molar-refractivity contribution in [2.75, 3.05) is 32.8 Å². The zero-order chi connectivity index (χ0) is 18.4. The number of hydrogen-bond donors (Lipinski definition) is 2. The standard InChI is InChI=1S/C20H27N3O3/c1-15-5-3-4-6-17(15)13-21-20(24)22-14-18(19-8-7-16(2)26-19)23-9-11-25-12-10-23/h3-8,18H,9-14H2,1-2H3,(H2,21,22,24). The molecule has 140 valence electrons. The fraction of sp³-hybridized carbons (Fsp3) is 0.450. The third kappa shape index (κ3) is 4.86. The van der Waals surface area contributed by atoms with Crippen LogP contribution in [0, 0.1) is 13.8 Å². The number of urea groups is 1. The molecule has 26 heavy (non-hydrogen) atoms. The van der Waals surface area contributed by atoms with Crippen LogP contribution in [0.3, 0.4) is 0 Å². The van der Waals surface area contributed by atoms with E-state index < -0.39 is 0 Å². The SMILES string of the molecule is Cc1ccc(C(CNC(=O)NCc2ccccc2C)N2CCOCC2)o1. The number of aryl methyl sites for hydroxylation is 2. The van der Waals surface area contributed by atoms with E-state index in [2.05, 4.69) is 15.5 Å². The van der Waals surface area contributed by atoms with Gasteiger partial charge >= 0.3 is 6.03 Å². The second-order valence-electron chi connectivity index (χ2n) is 6.60. The summed E-state index contributed by atoms with van der Waals surface area (Å²) in [5, 5.41) is 5.92. The average molecular weight is 357 g/mol. The molecule has 0 bridgehead atoms. The summed E-state index contributed by atoms with van der Waals surface area (Å²) in [6, 6.07) is 11.8. The Hall–Kier alpha value is -2.31. The lowest BCUT2D eigenvalue weighted by Gasteiger charge is -2.33. The van der Waals surface area contributed by atoms with Gasteiger partial charge in [0.2, 0.25) is 0 Å². The lowest BCUT2D eigenvalue weighted by molar-refractivity contribution is 0.0121. The normalized spacial score (nSPS) is 16.2. The fourth-order valence-electron chi connectivity index (χ4n) is 3.17. The van der Waals surface area contributed by atoms with Gasteiger partial charge in [-0.15, -0.1) is 0 Å². The van der Waals surface area contributed by atoms with Gasteiger partial charge in [-0.2, -0.15) is 0 Å². The Morgan fingerprint density at radius 1 is 1.12 bits per heavy atom. The summed E-state index contributed by atoms with van der Waals surface area (Å²) in [7, 11) is 0. The van der Waals surface area contributed by atoms with Crippen LogP contribution in [0.25, 0.3) is 0 Å². The highest BCUT2D eigenvalue weighted by atomic mass is 16.5. The molecule has 6 heteroatoms. The van der Waals surface area contributed by atoms with E-state index in [1.807, 2.05) is 50.2 Å². The van der Waals surface area contributed by atoms with Crippen molar-refractivity contribution < 1.29 is 13.9 Å². The quantitative estimate of drug-likeness (QED) is 0.834.